The second-order valence-corrected chi connectivity index (χ2v) is 8.29. The van der Waals surface area contributed by atoms with Crippen molar-refractivity contribution < 1.29 is 28.3 Å². The van der Waals surface area contributed by atoms with E-state index in [1.807, 2.05) is 19.1 Å². The number of carbonyl (C=O) groups excluding carboxylic acids is 4. The molecule has 0 unspecified atom stereocenters. The zero-order valence-corrected chi connectivity index (χ0v) is 20.5. The van der Waals surface area contributed by atoms with Crippen LogP contribution in [0.1, 0.15) is 24.0 Å². The van der Waals surface area contributed by atoms with E-state index < -0.39 is 23.7 Å². The average Bonchev–Trinajstić information content (AvgIpc) is 3.45. The first-order chi connectivity index (χ1) is 17.8. The van der Waals surface area contributed by atoms with Gasteiger partial charge in [0, 0.05) is 17.1 Å². The lowest BCUT2D eigenvalue weighted by atomic mass is 10.1. The van der Waals surface area contributed by atoms with Crippen molar-refractivity contribution >= 4 is 41.1 Å². The molecular weight excluding hydrogens is 474 g/mol. The second kappa shape index (κ2) is 10.8. The molecule has 0 atom stereocenters. The molecule has 3 aromatic rings. The zero-order chi connectivity index (χ0) is 26.5. The van der Waals surface area contributed by atoms with E-state index in [1.165, 1.54) is 18.1 Å². The fourth-order valence-corrected chi connectivity index (χ4v) is 3.85. The van der Waals surface area contributed by atoms with Gasteiger partial charge in [0.1, 0.15) is 11.5 Å². The number of rotatable bonds is 6. The molecule has 3 amide bonds. The smallest absolute Gasteiger partial charge is 0.340 e. The van der Waals surface area contributed by atoms with E-state index in [9.17, 15) is 19.2 Å². The molecule has 4 rings (SSSR count). The van der Waals surface area contributed by atoms with Crippen molar-refractivity contribution in [2.24, 2.45) is 0 Å². The number of ether oxygens (including phenoxy) is 1. The molecule has 0 spiro atoms. The molecule has 188 valence electrons. The zero-order valence-electron chi connectivity index (χ0n) is 20.5. The highest BCUT2D eigenvalue weighted by Crippen LogP contribution is 2.35. The van der Waals surface area contributed by atoms with Crippen LogP contribution in [-0.2, 0) is 30.5 Å². The first-order valence-electron chi connectivity index (χ1n) is 11.4. The summed E-state index contributed by atoms with van der Waals surface area (Å²) >= 11 is 0. The number of furan rings is 1. The Morgan fingerprint density at radius 1 is 0.946 bits per heavy atom. The summed E-state index contributed by atoms with van der Waals surface area (Å²) < 4.78 is 10.7. The number of allylic oxidation sites excluding steroid dienone is 1. The Labute approximate surface area is 213 Å². The normalized spacial score (nSPS) is 14.2. The Hall–Kier alpha value is -4.92. The van der Waals surface area contributed by atoms with E-state index in [4.69, 9.17) is 9.15 Å². The van der Waals surface area contributed by atoms with Gasteiger partial charge >= 0.3 is 17.8 Å². The van der Waals surface area contributed by atoms with E-state index in [0.29, 0.717) is 28.6 Å². The van der Waals surface area contributed by atoms with Gasteiger partial charge in [0.25, 0.3) is 5.91 Å². The molecule has 0 saturated heterocycles. The molecule has 9 heteroatoms. The third-order valence-corrected chi connectivity index (χ3v) is 5.71. The van der Waals surface area contributed by atoms with Gasteiger partial charge in [-0.1, -0.05) is 35.9 Å². The van der Waals surface area contributed by atoms with Gasteiger partial charge in [-0.2, -0.15) is 0 Å². The molecule has 1 aliphatic rings. The number of para-hydroxylation sites is 1. The molecule has 0 radical (unpaired) electrons. The van der Waals surface area contributed by atoms with Crippen LogP contribution in [0.3, 0.4) is 0 Å². The van der Waals surface area contributed by atoms with Gasteiger partial charge in [0.05, 0.1) is 24.8 Å². The fraction of sp³-hybridized carbons (Fsp3) is 0.143. The summed E-state index contributed by atoms with van der Waals surface area (Å²) in [6, 6.07) is 19.2. The second-order valence-electron chi connectivity index (χ2n) is 8.29. The molecule has 0 fully saturated rings. The summed E-state index contributed by atoms with van der Waals surface area (Å²) in [6.07, 6.45) is 1.46. The highest BCUT2D eigenvalue weighted by atomic mass is 16.5. The van der Waals surface area contributed by atoms with Gasteiger partial charge in [0.2, 0.25) is 0 Å². The van der Waals surface area contributed by atoms with Gasteiger partial charge in [0.15, 0.2) is 0 Å². The number of aryl methyl sites for hydroxylation is 1. The largest absolute Gasteiger partial charge is 0.465 e. The van der Waals surface area contributed by atoms with Gasteiger partial charge in [-0.15, -0.1) is 0 Å². The predicted octanol–water partition coefficient (Wildman–Crippen LogP) is 3.72. The number of nitrogens with one attached hydrogen (secondary N) is 2. The molecule has 1 aromatic heterocycles. The highest BCUT2D eigenvalue weighted by Gasteiger charge is 2.38. The van der Waals surface area contributed by atoms with Crippen LogP contribution >= 0.6 is 0 Å². The molecule has 0 saturated carbocycles. The number of benzene rings is 2. The third-order valence-electron chi connectivity index (χ3n) is 5.71. The molecule has 9 nitrogen and oxygen atoms in total. The van der Waals surface area contributed by atoms with Crippen LogP contribution in [-0.4, -0.2) is 30.8 Å². The lowest BCUT2D eigenvalue weighted by Crippen LogP contribution is -2.34. The number of carbonyl (C=O) groups is 4. The van der Waals surface area contributed by atoms with Crippen molar-refractivity contribution in [2.75, 3.05) is 17.3 Å². The Bertz CT molecular complexity index is 1420. The van der Waals surface area contributed by atoms with Crippen LogP contribution < -0.4 is 15.5 Å². The maximum absolute atomic E-state index is 13.3. The van der Waals surface area contributed by atoms with E-state index in [2.05, 4.69) is 10.6 Å². The molecule has 0 bridgehead atoms. The summed E-state index contributed by atoms with van der Waals surface area (Å²) in [7, 11) is 1.25. The van der Waals surface area contributed by atoms with Gasteiger partial charge in [-0.3, -0.25) is 19.3 Å². The van der Waals surface area contributed by atoms with Gasteiger partial charge in [-0.25, -0.2) is 4.79 Å². The minimum absolute atomic E-state index is 0.0492. The Balaban J connectivity index is 1.50. The van der Waals surface area contributed by atoms with E-state index in [1.54, 1.807) is 61.5 Å². The number of hydrogen-bond donors (Lipinski definition) is 2. The van der Waals surface area contributed by atoms with Crippen molar-refractivity contribution in [3.05, 3.63) is 101 Å². The van der Waals surface area contributed by atoms with Crippen LogP contribution in [0.4, 0.5) is 11.4 Å². The van der Waals surface area contributed by atoms with Crippen molar-refractivity contribution in [1.82, 2.24) is 5.32 Å². The van der Waals surface area contributed by atoms with Crippen LogP contribution in [0.5, 0.6) is 0 Å². The van der Waals surface area contributed by atoms with Gasteiger partial charge < -0.3 is 19.8 Å². The van der Waals surface area contributed by atoms with E-state index in [0.717, 1.165) is 5.56 Å². The fourth-order valence-electron chi connectivity index (χ4n) is 3.85. The monoisotopic (exact) mass is 499 g/mol. The number of anilines is 2. The minimum atomic E-state index is -0.827. The topological polar surface area (TPSA) is 118 Å². The SMILES string of the molecule is COC(=O)C1=C(C)N(c2ccc(C)cc2)C(=O)C1=Cc1ccc(CNC(=O)C(=O)Nc2ccccc2)o1. The van der Waals surface area contributed by atoms with E-state index >= 15 is 0 Å². The van der Waals surface area contributed by atoms with Crippen LogP contribution in [0, 0.1) is 6.92 Å². The lowest BCUT2D eigenvalue weighted by molar-refractivity contribution is -0.136. The Morgan fingerprint density at radius 3 is 2.32 bits per heavy atom. The lowest BCUT2D eigenvalue weighted by Gasteiger charge is -2.18. The maximum atomic E-state index is 13.3. The van der Waals surface area contributed by atoms with Crippen LogP contribution in [0.2, 0.25) is 0 Å². The number of esters is 1. The van der Waals surface area contributed by atoms with Crippen LogP contribution in [0.15, 0.2) is 88.0 Å². The molecule has 2 heterocycles. The first-order valence-corrected chi connectivity index (χ1v) is 11.4. The Morgan fingerprint density at radius 2 is 1.65 bits per heavy atom. The van der Waals surface area contributed by atoms with Crippen molar-refractivity contribution in [3.63, 3.8) is 0 Å². The van der Waals surface area contributed by atoms with Crippen molar-refractivity contribution in [2.45, 2.75) is 20.4 Å². The van der Waals surface area contributed by atoms with E-state index in [-0.39, 0.29) is 17.7 Å². The average molecular weight is 500 g/mol. The predicted molar refractivity (Wildman–Crippen MR) is 137 cm³/mol. The van der Waals surface area contributed by atoms with Crippen molar-refractivity contribution in [3.8, 4) is 0 Å². The summed E-state index contributed by atoms with van der Waals surface area (Å²) in [4.78, 5) is 51.6. The summed E-state index contributed by atoms with van der Waals surface area (Å²) in [5.74, 6) is -2.03. The molecule has 0 aliphatic carbocycles. The number of amides is 3. The summed E-state index contributed by atoms with van der Waals surface area (Å²) in [6.45, 7) is 3.57. The highest BCUT2D eigenvalue weighted by molar-refractivity contribution is 6.39. The first kappa shape index (κ1) is 25.2. The molecule has 2 aromatic carbocycles. The minimum Gasteiger partial charge on any atom is -0.465 e. The number of hydrogen-bond acceptors (Lipinski definition) is 6. The number of nitrogens with zero attached hydrogens (tertiary/aromatic N) is 1. The molecular formula is C28H25N3O6. The Kier molecular flexibility index (Phi) is 7.34. The maximum Gasteiger partial charge on any atom is 0.340 e. The molecule has 1 aliphatic heterocycles. The quantitative estimate of drug-likeness (QED) is 0.303. The number of methoxy groups -OCH3 is 1. The van der Waals surface area contributed by atoms with Crippen LogP contribution in [0.25, 0.3) is 6.08 Å². The van der Waals surface area contributed by atoms with Gasteiger partial charge in [-0.05, 0) is 56.3 Å². The van der Waals surface area contributed by atoms with Crippen molar-refractivity contribution in [1.29, 1.82) is 0 Å². The molecule has 2 N–H and O–H groups in total. The summed E-state index contributed by atoms with van der Waals surface area (Å²) in [5.41, 5.74) is 2.85. The molecule has 37 heavy (non-hydrogen) atoms. The summed E-state index contributed by atoms with van der Waals surface area (Å²) in [5, 5.41) is 4.99. The standard InChI is InChI=1S/C28H25N3O6/c1-17-9-11-20(12-10-17)31-18(2)24(28(35)36-3)23(27(31)34)15-21-13-14-22(37-21)16-29-25(32)26(33)30-19-7-5-4-6-8-19/h4-15H,16H2,1-3H3,(H,29,32)(H,30,33). The third kappa shape index (κ3) is 5.51.